The highest BCUT2D eigenvalue weighted by molar-refractivity contribution is 5.27. The fraction of sp³-hybridized carbons (Fsp3) is 0.750. The molecular weight excluding hydrogens is 232 g/mol. The molecule has 1 aromatic rings. The van der Waals surface area contributed by atoms with Gasteiger partial charge in [-0.2, -0.15) is 9.97 Å². The van der Waals surface area contributed by atoms with Crippen LogP contribution < -0.4 is 14.8 Å². The maximum absolute atomic E-state index is 5.53. The zero-order valence-corrected chi connectivity index (χ0v) is 11.8. The van der Waals surface area contributed by atoms with E-state index in [9.17, 15) is 0 Å². The molecule has 6 heteroatoms. The number of anilines is 1. The van der Waals surface area contributed by atoms with Gasteiger partial charge in [0.15, 0.2) is 0 Å². The van der Waals surface area contributed by atoms with Crippen LogP contribution in [0.3, 0.4) is 0 Å². The van der Waals surface area contributed by atoms with Gasteiger partial charge in [0.1, 0.15) is 0 Å². The lowest BCUT2D eigenvalue weighted by Crippen LogP contribution is -2.13. The van der Waals surface area contributed by atoms with Crippen LogP contribution in [0.15, 0.2) is 0 Å². The molecule has 1 aromatic heterocycles. The molecule has 0 saturated heterocycles. The minimum absolute atomic E-state index is 0.224. The second-order valence-electron chi connectivity index (χ2n) is 5.12. The third-order valence-electron chi connectivity index (χ3n) is 2.20. The van der Waals surface area contributed by atoms with E-state index >= 15 is 0 Å². The van der Waals surface area contributed by atoms with E-state index in [-0.39, 0.29) is 11.4 Å². The Morgan fingerprint density at radius 2 is 1.78 bits per heavy atom. The summed E-state index contributed by atoms with van der Waals surface area (Å²) >= 11 is 0. The van der Waals surface area contributed by atoms with Gasteiger partial charge >= 0.3 is 12.0 Å². The normalized spacial score (nSPS) is 11.2. The van der Waals surface area contributed by atoms with Gasteiger partial charge in [0.2, 0.25) is 5.95 Å². The Bertz CT molecular complexity index is 377. The molecule has 0 radical (unpaired) electrons. The summed E-state index contributed by atoms with van der Waals surface area (Å²) in [6.45, 7) is 9.75. The number of ether oxygens (including phenoxy) is 2. The summed E-state index contributed by atoms with van der Waals surface area (Å²) in [5, 5.41) is 3.01. The molecule has 0 atom stereocenters. The summed E-state index contributed by atoms with van der Waals surface area (Å²) in [5.41, 5.74) is 0.224. The molecule has 0 saturated carbocycles. The first-order chi connectivity index (χ1) is 8.44. The average molecular weight is 254 g/mol. The Morgan fingerprint density at radius 3 is 2.33 bits per heavy atom. The highest BCUT2D eigenvalue weighted by Gasteiger charge is 2.12. The van der Waals surface area contributed by atoms with E-state index in [1.54, 1.807) is 0 Å². The van der Waals surface area contributed by atoms with Crippen LogP contribution >= 0.6 is 0 Å². The Morgan fingerprint density at radius 1 is 1.11 bits per heavy atom. The molecule has 0 fully saturated rings. The minimum atomic E-state index is 0.224. The molecule has 102 valence electrons. The summed E-state index contributed by atoms with van der Waals surface area (Å²) in [4.78, 5) is 12.3. The van der Waals surface area contributed by atoms with E-state index in [4.69, 9.17) is 9.47 Å². The van der Waals surface area contributed by atoms with E-state index in [1.807, 2.05) is 6.92 Å². The van der Waals surface area contributed by atoms with Gasteiger partial charge in [-0.25, -0.2) is 0 Å². The number of nitrogens with zero attached hydrogens (tertiary/aromatic N) is 3. The first-order valence-corrected chi connectivity index (χ1v) is 6.11. The molecule has 1 rings (SSSR count). The molecule has 18 heavy (non-hydrogen) atoms. The number of hydrogen-bond acceptors (Lipinski definition) is 6. The predicted octanol–water partition coefficient (Wildman–Crippen LogP) is 2.13. The van der Waals surface area contributed by atoms with Crippen molar-refractivity contribution in [1.29, 1.82) is 0 Å². The molecule has 0 aliphatic carbocycles. The van der Waals surface area contributed by atoms with Crippen molar-refractivity contribution in [2.24, 2.45) is 5.41 Å². The molecule has 6 nitrogen and oxygen atoms in total. The second-order valence-corrected chi connectivity index (χ2v) is 5.12. The van der Waals surface area contributed by atoms with Crippen molar-refractivity contribution in [3.63, 3.8) is 0 Å². The minimum Gasteiger partial charge on any atom is -0.467 e. The van der Waals surface area contributed by atoms with Gasteiger partial charge in [0, 0.05) is 6.54 Å². The summed E-state index contributed by atoms with van der Waals surface area (Å²) in [6, 6.07) is 0.550. The second kappa shape index (κ2) is 6.37. The Hall–Kier alpha value is -1.59. The van der Waals surface area contributed by atoms with Gasteiger partial charge < -0.3 is 14.8 Å². The first kappa shape index (κ1) is 14.5. The summed E-state index contributed by atoms with van der Waals surface area (Å²) < 4.78 is 10.5. The smallest absolute Gasteiger partial charge is 0.324 e. The van der Waals surface area contributed by atoms with Crippen LogP contribution in [0, 0.1) is 5.41 Å². The lowest BCUT2D eigenvalue weighted by Gasteiger charge is -2.17. The van der Waals surface area contributed by atoms with Crippen LogP contribution in [0.1, 0.15) is 34.1 Å². The Labute approximate surface area is 108 Å². The van der Waals surface area contributed by atoms with Gasteiger partial charge in [-0.15, -0.1) is 4.98 Å². The third kappa shape index (κ3) is 5.16. The number of hydrogen-bond donors (Lipinski definition) is 1. The summed E-state index contributed by atoms with van der Waals surface area (Å²) in [7, 11) is 1.52. The van der Waals surface area contributed by atoms with Crippen LogP contribution in [0.5, 0.6) is 12.0 Å². The maximum Gasteiger partial charge on any atom is 0.324 e. The van der Waals surface area contributed by atoms with Gasteiger partial charge in [0.25, 0.3) is 0 Å². The first-order valence-electron chi connectivity index (χ1n) is 6.11. The average Bonchev–Trinajstić information content (AvgIpc) is 2.27. The van der Waals surface area contributed by atoms with Gasteiger partial charge in [-0.05, 0) is 18.8 Å². The molecule has 0 aliphatic heterocycles. The van der Waals surface area contributed by atoms with Crippen molar-refractivity contribution >= 4 is 5.95 Å². The Balaban J connectivity index is 2.66. The summed E-state index contributed by atoms with van der Waals surface area (Å²) in [6.07, 6.45) is 0.928. The van der Waals surface area contributed by atoms with E-state index < -0.39 is 0 Å². The molecule has 0 amide bonds. The van der Waals surface area contributed by atoms with E-state index in [1.165, 1.54) is 7.11 Å². The number of aromatic nitrogens is 3. The monoisotopic (exact) mass is 254 g/mol. The van der Waals surface area contributed by atoms with Crippen molar-refractivity contribution in [2.45, 2.75) is 34.1 Å². The van der Waals surface area contributed by atoms with Crippen LogP contribution in [0.25, 0.3) is 0 Å². The SMILES string of the molecule is CCNc1nc(OC)nc(OCCC(C)(C)C)n1. The van der Waals surface area contributed by atoms with Gasteiger partial charge in [0.05, 0.1) is 13.7 Å². The van der Waals surface area contributed by atoms with E-state index in [0.717, 1.165) is 13.0 Å². The molecule has 1 N–H and O–H groups in total. The highest BCUT2D eigenvalue weighted by Crippen LogP contribution is 2.19. The molecule has 0 aromatic carbocycles. The van der Waals surface area contributed by atoms with Crippen LogP contribution in [0.2, 0.25) is 0 Å². The van der Waals surface area contributed by atoms with Gasteiger partial charge in [-0.3, -0.25) is 0 Å². The van der Waals surface area contributed by atoms with Crippen LogP contribution in [0.4, 0.5) is 5.95 Å². The third-order valence-corrected chi connectivity index (χ3v) is 2.20. The van der Waals surface area contributed by atoms with Crippen LogP contribution in [-0.4, -0.2) is 35.2 Å². The lowest BCUT2D eigenvalue weighted by atomic mass is 9.93. The van der Waals surface area contributed by atoms with Crippen molar-refractivity contribution in [3.05, 3.63) is 0 Å². The zero-order chi connectivity index (χ0) is 13.6. The largest absolute Gasteiger partial charge is 0.467 e. The summed E-state index contributed by atoms with van der Waals surface area (Å²) in [5.74, 6) is 0.468. The maximum atomic E-state index is 5.53. The standard InChI is InChI=1S/C12H22N4O2/c1-6-13-9-14-10(17-5)16-11(15-9)18-8-7-12(2,3)4/h6-8H2,1-5H3,(H,13,14,15,16). The molecule has 1 heterocycles. The van der Waals surface area contributed by atoms with Crippen molar-refractivity contribution in [2.75, 3.05) is 25.6 Å². The number of rotatable bonds is 6. The zero-order valence-electron chi connectivity index (χ0n) is 11.8. The van der Waals surface area contributed by atoms with Crippen LogP contribution in [-0.2, 0) is 0 Å². The predicted molar refractivity (Wildman–Crippen MR) is 70.1 cm³/mol. The highest BCUT2D eigenvalue weighted by atomic mass is 16.5. The topological polar surface area (TPSA) is 69.2 Å². The number of nitrogens with one attached hydrogen (secondary N) is 1. The van der Waals surface area contributed by atoms with Crippen molar-refractivity contribution in [1.82, 2.24) is 15.0 Å². The van der Waals surface area contributed by atoms with E-state index in [0.29, 0.717) is 18.6 Å². The fourth-order valence-corrected chi connectivity index (χ4v) is 1.18. The fourth-order valence-electron chi connectivity index (χ4n) is 1.18. The van der Waals surface area contributed by atoms with Crippen molar-refractivity contribution < 1.29 is 9.47 Å². The van der Waals surface area contributed by atoms with Gasteiger partial charge in [-0.1, -0.05) is 20.8 Å². The Kier molecular flexibility index (Phi) is 5.12. The van der Waals surface area contributed by atoms with Crippen molar-refractivity contribution in [3.8, 4) is 12.0 Å². The molecular formula is C12H22N4O2. The lowest BCUT2D eigenvalue weighted by molar-refractivity contribution is 0.225. The molecule has 0 bridgehead atoms. The molecule has 0 unspecified atom stereocenters. The molecule has 0 spiro atoms. The van der Waals surface area contributed by atoms with E-state index in [2.05, 4.69) is 41.0 Å². The number of methoxy groups -OCH3 is 1. The quantitative estimate of drug-likeness (QED) is 0.838. The molecule has 0 aliphatic rings.